The molecule has 0 aromatic carbocycles. The van der Waals surface area contributed by atoms with E-state index in [0.717, 1.165) is 29.1 Å². The van der Waals surface area contributed by atoms with Crippen LogP contribution in [0, 0.1) is 10.1 Å². The van der Waals surface area contributed by atoms with Gasteiger partial charge in [0.25, 0.3) is 0 Å². The Labute approximate surface area is 130 Å². The molecule has 114 valence electrons. The second-order valence-electron chi connectivity index (χ2n) is 4.57. The van der Waals surface area contributed by atoms with Crippen LogP contribution in [0.4, 0.5) is 11.7 Å². The molecular formula is C14H14N4O3S. The summed E-state index contributed by atoms with van der Waals surface area (Å²) in [5.41, 5.74) is 0.816. The molecule has 7 nitrogen and oxygen atoms in total. The molecule has 0 atom stereocenters. The highest BCUT2D eigenvalue weighted by Crippen LogP contribution is 2.32. The number of anilines is 1. The van der Waals surface area contributed by atoms with Crippen molar-refractivity contribution in [3.05, 3.63) is 33.7 Å². The molecule has 0 aliphatic carbocycles. The van der Waals surface area contributed by atoms with Crippen LogP contribution in [0.1, 0.15) is 13.8 Å². The van der Waals surface area contributed by atoms with Crippen molar-refractivity contribution in [2.45, 2.75) is 13.8 Å². The number of thiophene rings is 1. The molecule has 0 unspecified atom stereocenters. The summed E-state index contributed by atoms with van der Waals surface area (Å²) in [6.45, 7) is 5.75. The van der Waals surface area contributed by atoms with Crippen LogP contribution >= 0.6 is 11.3 Å². The van der Waals surface area contributed by atoms with E-state index in [4.69, 9.17) is 4.42 Å². The zero-order valence-electron chi connectivity index (χ0n) is 12.1. The monoisotopic (exact) mass is 318 g/mol. The van der Waals surface area contributed by atoms with Crippen LogP contribution < -0.4 is 4.90 Å². The van der Waals surface area contributed by atoms with Crippen LogP contribution in [0.5, 0.6) is 0 Å². The first kappa shape index (κ1) is 14.5. The zero-order chi connectivity index (χ0) is 15.7. The molecule has 22 heavy (non-hydrogen) atoms. The lowest BCUT2D eigenvalue weighted by atomic mass is 10.3. The molecule has 3 heterocycles. The van der Waals surface area contributed by atoms with E-state index < -0.39 is 4.92 Å². The first-order valence-corrected chi connectivity index (χ1v) is 7.76. The summed E-state index contributed by atoms with van der Waals surface area (Å²) in [5, 5.41) is 12.7. The largest absolute Gasteiger partial charge is 0.433 e. The Morgan fingerprint density at radius 2 is 2.05 bits per heavy atom. The third kappa shape index (κ3) is 2.41. The zero-order valence-corrected chi connectivity index (χ0v) is 13.0. The summed E-state index contributed by atoms with van der Waals surface area (Å²) in [6.07, 6.45) is 0. The fraction of sp³-hybridized carbons (Fsp3) is 0.286. The normalized spacial score (nSPS) is 11.0. The Balaban J connectivity index is 2.15. The van der Waals surface area contributed by atoms with E-state index in [1.165, 1.54) is 12.1 Å². The van der Waals surface area contributed by atoms with Gasteiger partial charge in [-0.2, -0.15) is 0 Å². The smallest absolute Gasteiger partial charge is 0.397 e. The topological polar surface area (TPSA) is 85.3 Å². The van der Waals surface area contributed by atoms with Gasteiger partial charge in [-0.3, -0.25) is 10.1 Å². The highest BCUT2D eigenvalue weighted by atomic mass is 32.1. The number of aromatic nitrogens is 2. The van der Waals surface area contributed by atoms with E-state index in [-0.39, 0.29) is 5.88 Å². The Kier molecular flexibility index (Phi) is 3.76. The summed E-state index contributed by atoms with van der Waals surface area (Å²) in [5.74, 6) is 1.18. The van der Waals surface area contributed by atoms with Gasteiger partial charge in [-0.15, -0.1) is 11.3 Å². The molecule has 0 N–H and O–H groups in total. The molecule has 0 aliphatic rings. The molecule has 0 saturated heterocycles. The number of hydrogen-bond acceptors (Lipinski definition) is 7. The highest BCUT2D eigenvalue weighted by molar-refractivity contribution is 7.17. The summed E-state index contributed by atoms with van der Waals surface area (Å²) in [4.78, 5) is 21.3. The molecule has 3 aromatic heterocycles. The van der Waals surface area contributed by atoms with Crippen LogP contribution in [0.3, 0.4) is 0 Å². The maximum atomic E-state index is 10.7. The van der Waals surface area contributed by atoms with Gasteiger partial charge in [-0.05, 0) is 31.4 Å². The third-order valence-electron chi connectivity index (χ3n) is 3.34. The summed E-state index contributed by atoms with van der Waals surface area (Å²) >= 11 is 1.58. The van der Waals surface area contributed by atoms with Crippen molar-refractivity contribution >= 4 is 33.3 Å². The minimum absolute atomic E-state index is 0.299. The molecule has 0 fully saturated rings. The number of fused-ring (bicyclic) bond motifs is 1. The van der Waals surface area contributed by atoms with Gasteiger partial charge in [0.15, 0.2) is 17.4 Å². The fourth-order valence-corrected chi connectivity index (χ4v) is 3.09. The van der Waals surface area contributed by atoms with Crippen molar-refractivity contribution in [3.8, 4) is 11.6 Å². The van der Waals surface area contributed by atoms with Crippen LogP contribution in [-0.2, 0) is 0 Å². The quantitative estimate of drug-likeness (QED) is 0.526. The van der Waals surface area contributed by atoms with Crippen molar-refractivity contribution in [3.63, 3.8) is 0 Å². The number of furan rings is 1. The van der Waals surface area contributed by atoms with Gasteiger partial charge in [0.05, 0.1) is 16.3 Å². The molecular weight excluding hydrogens is 304 g/mol. The Bertz CT molecular complexity index is 822. The lowest BCUT2D eigenvalue weighted by Crippen LogP contribution is -2.23. The van der Waals surface area contributed by atoms with Gasteiger partial charge in [0.2, 0.25) is 0 Å². The van der Waals surface area contributed by atoms with Gasteiger partial charge < -0.3 is 9.32 Å². The Morgan fingerprint density at radius 3 is 2.68 bits per heavy atom. The van der Waals surface area contributed by atoms with Crippen molar-refractivity contribution < 1.29 is 9.34 Å². The summed E-state index contributed by atoms with van der Waals surface area (Å²) in [6, 6.07) is 4.75. The molecule has 0 aliphatic heterocycles. The van der Waals surface area contributed by atoms with Crippen LogP contribution in [0.25, 0.3) is 21.8 Å². The van der Waals surface area contributed by atoms with E-state index in [0.29, 0.717) is 11.6 Å². The summed E-state index contributed by atoms with van der Waals surface area (Å²) in [7, 11) is 0. The van der Waals surface area contributed by atoms with E-state index in [1.54, 1.807) is 11.3 Å². The predicted octanol–water partition coefficient (Wildman–Crippen LogP) is 3.71. The lowest BCUT2D eigenvalue weighted by Gasteiger charge is -2.20. The molecule has 0 radical (unpaired) electrons. The minimum Gasteiger partial charge on any atom is -0.397 e. The molecule has 0 amide bonds. The number of nitrogens with zero attached hydrogens (tertiary/aromatic N) is 4. The van der Waals surface area contributed by atoms with Crippen LogP contribution in [0.15, 0.2) is 28.0 Å². The SMILES string of the molecule is CCN(CC)c1nc(-c2ccc([N+](=O)[O-])o2)nc2ccsc12. The van der Waals surface area contributed by atoms with Crippen LogP contribution in [0.2, 0.25) is 0 Å². The predicted molar refractivity (Wildman–Crippen MR) is 85.3 cm³/mol. The highest BCUT2D eigenvalue weighted by Gasteiger charge is 2.19. The molecule has 3 rings (SSSR count). The number of hydrogen-bond donors (Lipinski definition) is 0. The second kappa shape index (κ2) is 5.72. The minimum atomic E-state index is -0.572. The van der Waals surface area contributed by atoms with E-state index >= 15 is 0 Å². The van der Waals surface area contributed by atoms with Gasteiger partial charge in [-0.25, -0.2) is 9.97 Å². The van der Waals surface area contributed by atoms with Crippen LogP contribution in [-0.4, -0.2) is 28.0 Å². The standard InChI is InChI=1S/C14H14N4O3S/c1-3-17(4-2)14-12-9(7-8-22-12)15-13(16-14)10-5-6-11(21-10)18(19)20/h5-8H,3-4H2,1-2H3. The van der Waals surface area contributed by atoms with E-state index in [2.05, 4.69) is 28.7 Å². The Morgan fingerprint density at radius 1 is 1.27 bits per heavy atom. The molecule has 8 heteroatoms. The fourth-order valence-electron chi connectivity index (χ4n) is 2.24. The van der Waals surface area contributed by atoms with Crippen molar-refractivity contribution in [1.29, 1.82) is 0 Å². The number of rotatable bonds is 5. The average molecular weight is 318 g/mol. The first-order valence-electron chi connectivity index (χ1n) is 6.88. The molecule has 0 bridgehead atoms. The summed E-state index contributed by atoms with van der Waals surface area (Å²) < 4.78 is 6.23. The molecule has 0 saturated carbocycles. The van der Waals surface area contributed by atoms with E-state index in [1.807, 2.05) is 11.4 Å². The van der Waals surface area contributed by atoms with Gasteiger partial charge >= 0.3 is 5.88 Å². The average Bonchev–Trinajstić information content (AvgIpc) is 3.17. The van der Waals surface area contributed by atoms with Crippen molar-refractivity contribution in [1.82, 2.24) is 9.97 Å². The Hall–Kier alpha value is -2.48. The second-order valence-corrected chi connectivity index (χ2v) is 5.49. The number of nitro groups is 1. The first-order chi connectivity index (χ1) is 10.6. The van der Waals surface area contributed by atoms with Gasteiger partial charge in [0.1, 0.15) is 4.92 Å². The van der Waals surface area contributed by atoms with Gasteiger partial charge in [0, 0.05) is 13.1 Å². The molecule has 0 spiro atoms. The van der Waals surface area contributed by atoms with Gasteiger partial charge in [-0.1, -0.05) is 0 Å². The van der Waals surface area contributed by atoms with Crippen molar-refractivity contribution in [2.24, 2.45) is 0 Å². The third-order valence-corrected chi connectivity index (χ3v) is 4.24. The molecule has 3 aromatic rings. The maximum absolute atomic E-state index is 10.7. The maximum Gasteiger partial charge on any atom is 0.433 e. The van der Waals surface area contributed by atoms with E-state index in [9.17, 15) is 10.1 Å². The van der Waals surface area contributed by atoms with Crippen molar-refractivity contribution in [2.75, 3.05) is 18.0 Å². The lowest BCUT2D eigenvalue weighted by molar-refractivity contribution is -0.401.